The van der Waals surface area contributed by atoms with Gasteiger partial charge < -0.3 is 14.2 Å². The number of morpholine rings is 1. The van der Waals surface area contributed by atoms with Crippen molar-refractivity contribution in [2.75, 3.05) is 26.2 Å². The molecule has 0 spiro atoms. The van der Waals surface area contributed by atoms with E-state index < -0.39 is 5.60 Å². The van der Waals surface area contributed by atoms with Crippen molar-refractivity contribution in [2.45, 2.75) is 59.4 Å². The van der Waals surface area contributed by atoms with Crippen LogP contribution >= 0.6 is 0 Å². The topological polar surface area (TPSA) is 60.9 Å². The number of ether oxygens (including phenoxy) is 3. The van der Waals surface area contributed by atoms with Gasteiger partial charge in [0, 0.05) is 25.3 Å². The molecule has 1 atom stereocenters. The third-order valence-corrected chi connectivity index (χ3v) is 5.12. The van der Waals surface area contributed by atoms with E-state index in [1.54, 1.807) is 0 Å². The molecule has 168 valence electrons. The fraction of sp³-hybridized carbons (Fsp3) is 0.520. The van der Waals surface area contributed by atoms with Crippen LogP contribution in [0.1, 0.15) is 55.8 Å². The predicted octanol–water partition coefficient (Wildman–Crippen LogP) is 4.38. The van der Waals surface area contributed by atoms with Gasteiger partial charge in [0.15, 0.2) is 0 Å². The van der Waals surface area contributed by atoms with Crippen LogP contribution < -0.4 is 4.74 Å². The van der Waals surface area contributed by atoms with Gasteiger partial charge in [-0.05, 0) is 70.0 Å². The molecule has 6 nitrogen and oxygen atoms in total. The molecule has 2 aromatic rings. The van der Waals surface area contributed by atoms with Crippen LogP contribution in [0.5, 0.6) is 5.75 Å². The number of hydrogen-bond acceptors (Lipinski definition) is 6. The summed E-state index contributed by atoms with van der Waals surface area (Å²) in [5, 5.41) is 0. The number of aromatic nitrogens is 1. The molecule has 6 heteroatoms. The maximum absolute atomic E-state index is 12.0. The van der Waals surface area contributed by atoms with Crippen LogP contribution in [0, 0.1) is 13.8 Å². The number of nitrogens with zero attached hydrogens (tertiary/aromatic N) is 2. The summed E-state index contributed by atoms with van der Waals surface area (Å²) in [5.41, 5.74) is 3.74. The molecular formula is C25H34N2O4. The molecule has 31 heavy (non-hydrogen) atoms. The molecule has 2 heterocycles. The molecule has 0 radical (unpaired) electrons. The largest absolute Gasteiger partial charge is 0.487 e. The quantitative estimate of drug-likeness (QED) is 0.612. The first-order valence-corrected chi connectivity index (χ1v) is 10.9. The number of pyridine rings is 1. The van der Waals surface area contributed by atoms with Gasteiger partial charge in [0.05, 0.1) is 24.8 Å². The predicted molar refractivity (Wildman–Crippen MR) is 120 cm³/mol. The molecule has 0 aliphatic carbocycles. The average Bonchev–Trinajstić information content (AvgIpc) is 2.70. The van der Waals surface area contributed by atoms with Crippen LogP contribution in [0.2, 0.25) is 0 Å². The smallest absolute Gasteiger partial charge is 0.307 e. The van der Waals surface area contributed by atoms with E-state index in [0.29, 0.717) is 26.2 Å². The van der Waals surface area contributed by atoms with E-state index >= 15 is 0 Å². The van der Waals surface area contributed by atoms with Gasteiger partial charge in [-0.2, -0.15) is 0 Å². The molecule has 0 saturated carbocycles. The SMILES string of the molecule is Cc1cccc(COc2ccc(C3CN(CCC(=O)OC(C)(C)C)CCO3)c(C)c2)n1. The Morgan fingerprint density at radius 2 is 2.03 bits per heavy atom. The Morgan fingerprint density at radius 3 is 2.74 bits per heavy atom. The zero-order valence-electron chi connectivity index (χ0n) is 19.3. The first-order valence-electron chi connectivity index (χ1n) is 10.9. The van der Waals surface area contributed by atoms with Gasteiger partial charge in [-0.3, -0.25) is 14.7 Å². The second-order valence-corrected chi connectivity index (χ2v) is 9.07. The lowest BCUT2D eigenvalue weighted by Gasteiger charge is -2.33. The molecule has 0 amide bonds. The summed E-state index contributed by atoms with van der Waals surface area (Å²) in [5.74, 6) is 0.665. The molecule has 1 aliphatic heterocycles. The highest BCUT2D eigenvalue weighted by atomic mass is 16.6. The number of benzene rings is 1. The monoisotopic (exact) mass is 426 g/mol. The Hall–Kier alpha value is -2.44. The van der Waals surface area contributed by atoms with E-state index in [2.05, 4.69) is 22.9 Å². The highest BCUT2D eigenvalue weighted by Gasteiger charge is 2.24. The standard InChI is InChI=1S/C25H34N2O4/c1-18-15-21(30-17-20-8-6-7-19(2)26-20)9-10-22(18)23-16-27(13-14-29-23)12-11-24(28)31-25(3,4)5/h6-10,15,23H,11-14,16-17H2,1-5H3. The van der Waals surface area contributed by atoms with Crippen molar-refractivity contribution in [1.29, 1.82) is 0 Å². The third-order valence-electron chi connectivity index (χ3n) is 5.12. The Morgan fingerprint density at radius 1 is 1.23 bits per heavy atom. The van der Waals surface area contributed by atoms with Crippen molar-refractivity contribution in [3.8, 4) is 5.75 Å². The van der Waals surface area contributed by atoms with E-state index in [1.807, 2.05) is 58.0 Å². The van der Waals surface area contributed by atoms with E-state index in [-0.39, 0.29) is 12.1 Å². The highest BCUT2D eigenvalue weighted by Crippen LogP contribution is 2.28. The van der Waals surface area contributed by atoms with Crippen molar-refractivity contribution >= 4 is 5.97 Å². The van der Waals surface area contributed by atoms with Crippen molar-refractivity contribution in [3.63, 3.8) is 0 Å². The fourth-order valence-electron chi connectivity index (χ4n) is 3.67. The molecule has 1 aromatic heterocycles. The van der Waals surface area contributed by atoms with Crippen LogP contribution in [0.25, 0.3) is 0 Å². The summed E-state index contributed by atoms with van der Waals surface area (Å²) >= 11 is 0. The summed E-state index contributed by atoms with van der Waals surface area (Å²) in [4.78, 5) is 18.8. The summed E-state index contributed by atoms with van der Waals surface area (Å²) in [7, 11) is 0. The van der Waals surface area contributed by atoms with Gasteiger partial charge in [-0.1, -0.05) is 12.1 Å². The molecule has 0 bridgehead atoms. The van der Waals surface area contributed by atoms with Crippen molar-refractivity contribution < 1.29 is 19.0 Å². The van der Waals surface area contributed by atoms with Gasteiger partial charge in [0.2, 0.25) is 0 Å². The molecule has 1 aliphatic rings. The summed E-state index contributed by atoms with van der Waals surface area (Å²) < 4.78 is 17.4. The number of carbonyl (C=O) groups excluding carboxylic acids is 1. The van der Waals surface area contributed by atoms with Crippen molar-refractivity contribution in [2.24, 2.45) is 0 Å². The number of hydrogen-bond donors (Lipinski definition) is 0. The van der Waals surface area contributed by atoms with Crippen LogP contribution in [0.15, 0.2) is 36.4 Å². The normalized spacial score (nSPS) is 17.4. The molecule has 1 saturated heterocycles. The summed E-state index contributed by atoms with van der Waals surface area (Å²) in [6.45, 7) is 13.1. The van der Waals surface area contributed by atoms with Crippen LogP contribution in [0.4, 0.5) is 0 Å². The molecule has 1 fully saturated rings. The summed E-state index contributed by atoms with van der Waals surface area (Å²) in [6, 6.07) is 12.1. The number of carbonyl (C=O) groups is 1. The molecular weight excluding hydrogens is 392 g/mol. The number of rotatable bonds is 7. The lowest BCUT2D eigenvalue weighted by Crippen LogP contribution is -2.40. The summed E-state index contributed by atoms with van der Waals surface area (Å²) in [6.07, 6.45) is 0.378. The van der Waals surface area contributed by atoms with E-state index in [4.69, 9.17) is 14.2 Å². The Balaban J connectivity index is 1.54. The molecule has 1 aromatic carbocycles. The van der Waals surface area contributed by atoms with Crippen molar-refractivity contribution in [3.05, 3.63) is 58.9 Å². The first kappa shape index (κ1) is 23.2. The fourth-order valence-corrected chi connectivity index (χ4v) is 3.67. The maximum Gasteiger partial charge on any atom is 0.307 e. The van der Waals surface area contributed by atoms with E-state index in [9.17, 15) is 4.79 Å². The Labute approximate surface area is 185 Å². The highest BCUT2D eigenvalue weighted by molar-refractivity contribution is 5.70. The second kappa shape index (κ2) is 10.2. The third kappa shape index (κ3) is 7.33. The first-order chi connectivity index (χ1) is 14.7. The molecule has 3 rings (SSSR count). The average molecular weight is 427 g/mol. The van der Waals surface area contributed by atoms with Gasteiger partial charge in [-0.25, -0.2) is 0 Å². The number of esters is 1. The lowest BCUT2D eigenvalue weighted by molar-refractivity contribution is -0.155. The lowest BCUT2D eigenvalue weighted by atomic mass is 10.0. The van der Waals surface area contributed by atoms with Gasteiger partial charge in [-0.15, -0.1) is 0 Å². The zero-order chi connectivity index (χ0) is 22.4. The molecule has 0 N–H and O–H groups in total. The Bertz CT molecular complexity index is 891. The number of aryl methyl sites for hydroxylation is 2. The van der Waals surface area contributed by atoms with E-state index in [1.165, 1.54) is 0 Å². The minimum absolute atomic E-state index is 0.0140. The minimum atomic E-state index is -0.443. The van der Waals surface area contributed by atoms with Gasteiger partial charge >= 0.3 is 5.97 Å². The van der Waals surface area contributed by atoms with Gasteiger partial charge in [0.1, 0.15) is 18.0 Å². The van der Waals surface area contributed by atoms with Crippen LogP contribution in [-0.2, 0) is 20.9 Å². The second-order valence-electron chi connectivity index (χ2n) is 9.07. The van der Waals surface area contributed by atoms with Crippen LogP contribution in [-0.4, -0.2) is 47.7 Å². The minimum Gasteiger partial charge on any atom is -0.487 e. The van der Waals surface area contributed by atoms with Crippen LogP contribution in [0.3, 0.4) is 0 Å². The Kier molecular flexibility index (Phi) is 7.68. The molecule has 1 unspecified atom stereocenters. The zero-order valence-corrected chi connectivity index (χ0v) is 19.3. The van der Waals surface area contributed by atoms with Crippen molar-refractivity contribution in [1.82, 2.24) is 9.88 Å². The van der Waals surface area contributed by atoms with Gasteiger partial charge in [0.25, 0.3) is 0 Å². The van der Waals surface area contributed by atoms with E-state index in [0.717, 1.165) is 41.4 Å². The maximum atomic E-state index is 12.0.